The standard InChI is InChI=1S/C20H32O/c1-18-10-4-3-5-14(18)6-7-15-16(18)8-11-19(2)17(15)9-12-20(19)13-21-20/h14-17H,3-13H2,1-2H3/t14-,15-,16-,17+,18+,19+,20-/m1/s1. The maximum Gasteiger partial charge on any atom is 0.0972 e. The van der Waals surface area contributed by atoms with Crippen molar-refractivity contribution >= 4 is 0 Å². The van der Waals surface area contributed by atoms with E-state index >= 15 is 0 Å². The van der Waals surface area contributed by atoms with Crippen molar-refractivity contribution in [3.63, 3.8) is 0 Å². The Kier molecular flexibility index (Phi) is 2.60. The van der Waals surface area contributed by atoms with Crippen LogP contribution in [0.5, 0.6) is 0 Å². The highest BCUT2D eigenvalue weighted by Crippen LogP contribution is 2.71. The lowest BCUT2D eigenvalue weighted by atomic mass is 9.45. The van der Waals surface area contributed by atoms with Gasteiger partial charge in [-0.05, 0) is 80.5 Å². The van der Waals surface area contributed by atoms with E-state index in [0.29, 0.717) is 16.4 Å². The van der Waals surface area contributed by atoms with E-state index in [1.165, 1.54) is 57.8 Å². The van der Waals surface area contributed by atoms with E-state index < -0.39 is 0 Å². The Labute approximate surface area is 130 Å². The summed E-state index contributed by atoms with van der Waals surface area (Å²) in [6, 6.07) is 0. The minimum Gasteiger partial charge on any atom is -0.369 e. The molecule has 0 amide bonds. The average molecular weight is 288 g/mol. The Morgan fingerprint density at radius 1 is 0.810 bits per heavy atom. The Morgan fingerprint density at radius 3 is 2.43 bits per heavy atom. The molecule has 1 saturated heterocycles. The number of hydrogen-bond acceptors (Lipinski definition) is 1. The van der Waals surface area contributed by atoms with Crippen molar-refractivity contribution in [1.82, 2.24) is 0 Å². The lowest BCUT2D eigenvalue weighted by molar-refractivity contribution is -0.113. The lowest BCUT2D eigenvalue weighted by Crippen LogP contribution is -2.53. The molecule has 118 valence electrons. The lowest BCUT2D eigenvalue weighted by Gasteiger charge is -2.60. The third-order valence-electron chi connectivity index (χ3n) is 9.37. The van der Waals surface area contributed by atoms with Crippen molar-refractivity contribution in [2.75, 3.05) is 6.61 Å². The zero-order valence-corrected chi connectivity index (χ0v) is 14.0. The molecular weight excluding hydrogens is 256 g/mol. The molecule has 1 nitrogen and oxygen atoms in total. The topological polar surface area (TPSA) is 12.5 Å². The van der Waals surface area contributed by atoms with Crippen molar-refractivity contribution in [3.05, 3.63) is 0 Å². The van der Waals surface area contributed by atoms with Crippen molar-refractivity contribution < 1.29 is 4.74 Å². The minimum absolute atomic E-state index is 0.340. The van der Waals surface area contributed by atoms with E-state index in [0.717, 1.165) is 30.3 Å². The van der Waals surface area contributed by atoms with Gasteiger partial charge in [-0.2, -0.15) is 0 Å². The molecule has 0 radical (unpaired) electrons. The molecule has 0 N–H and O–H groups in total. The number of rotatable bonds is 0. The van der Waals surface area contributed by atoms with Crippen molar-refractivity contribution in [3.8, 4) is 0 Å². The van der Waals surface area contributed by atoms with Gasteiger partial charge in [0.25, 0.3) is 0 Å². The molecule has 1 heteroatoms. The van der Waals surface area contributed by atoms with Crippen LogP contribution >= 0.6 is 0 Å². The monoisotopic (exact) mass is 288 g/mol. The molecule has 4 aliphatic carbocycles. The molecule has 0 aromatic heterocycles. The predicted octanol–water partition coefficient (Wildman–Crippen LogP) is 5.19. The smallest absolute Gasteiger partial charge is 0.0972 e. The first kappa shape index (κ1) is 13.4. The molecule has 1 heterocycles. The molecule has 0 aromatic carbocycles. The molecule has 0 bridgehead atoms. The fourth-order valence-corrected chi connectivity index (χ4v) is 7.95. The maximum atomic E-state index is 6.04. The van der Waals surface area contributed by atoms with Crippen molar-refractivity contribution in [2.24, 2.45) is 34.5 Å². The van der Waals surface area contributed by atoms with Crippen molar-refractivity contribution in [2.45, 2.75) is 83.7 Å². The van der Waals surface area contributed by atoms with Gasteiger partial charge >= 0.3 is 0 Å². The summed E-state index contributed by atoms with van der Waals surface area (Å²) < 4.78 is 6.04. The second kappa shape index (κ2) is 4.08. The molecule has 7 atom stereocenters. The van der Waals surface area contributed by atoms with Gasteiger partial charge in [-0.15, -0.1) is 0 Å². The summed E-state index contributed by atoms with van der Waals surface area (Å²) in [5.41, 5.74) is 1.57. The highest BCUT2D eigenvalue weighted by atomic mass is 16.6. The predicted molar refractivity (Wildman–Crippen MR) is 85.0 cm³/mol. The van der Waals surface area contributed by atoms with Gasteiger partial charge in [0.05, 0.1) is 12.2 Å². The van der Waals surface area contributed by atoms with E-state index in [1.807, 2.05) is 0 Å². The van der Waals surface area contributed by atoms with Gasteiger partial charge in [0.2, 0.25) is 0 Å². The van der Waals surface area contributed by atoms with Gasteiger partial charge in [-0.3, -0.25) is 0 Å². The van der Waals surface area contributed by atoms with E-state index in [-0.39, 0.29) is 0 Å². The third-order valence-corrected chi connectivity index (χ3v) is 9.37. The maximum absolute atomic E-state index is 6.04. The summed E-state index contributed by atoms with van der Waals surface area (Å²) in [5, 5.41) is 0. The number of hydrogen-bond donors (Lipinski definition) is 0. The van der Waals surface area contributed by atoms with Crippen LogP contribution in [0.1, 0.15) is 78.1 Å². The fourth-order valence-electron chi connectivity index (χ4n) is 7.95. The minimum atomic E-state index is 0.340. The van der Waals surface area contributed by atoms with Crippen LogP contribution in [0.25, 0.3) is 0 Å². The number of fused-ring (bicyclic) bond motifs is 6. The number of ether oxygens (including phenoxy) is 1. The molecule has 1 aliphatic heterocycles. The van der Waals surface area contributed by atoms with Gasteiger partial charge in [0.15, 0.2) is 0 Å². The Hall–Kier alpha value is -0.0400. The summed E-state index contributed by atoms with van der Waals surface area (Å²) in [6.45, 7) is 6.37. The average Bonchev–Trinajstić information content (AvgIpc) is 3.20. The Morgan fingerprint density at radius 2 is 1.62 bits per heavy atom. The van der Waals surface area contributed by atoms with Crippen LogP contribution in [0.15, 0.2) is 0 Å². The second-order valence-electron chi connectivity index (χ2n) is 9.68. The first-order chi connectivity index (χ1) is 10.1. The van der Waals surface area contributed by atoms with E-state index in [9.17, 15) is 0 Å². The van der Waals surface area contributed by atoms with Gasteiger partial charge in [0.1, 0.15) is 0 Å². The summed E-state index contributed by atoms with van der Waals surface area (Å²) >= 11 is 0. The first-order valence-electron chi connectivity index (χ1n) is 9.73. The third kappa shape index (κ3) is 1.53. The van der Waals surface area contributed by atoms with Crippen LogP contribution in [0.3, 0.4) is 0 Å². The number of epoxide rings is 1. The zero-order chi connectivity index (χ0) is 14.3. The molecule has 5 aliphatic rings. The quantitative estimate of drug-likeness (QED) is 0.559. The summed E-state index contributed by atoms with van der Waals surface area (Å²) in [4.78, 5) is 0. The molecule has 5 rings (SSSR count). The van der Waals surface area contributed by atoms with Crippen LogP contribution in [0.4, 0.5) is 0 Å². The second-order valence-corrected chi connectivity index (χ2v) is 9.68. The fraction of sp³-hybridized carbons (Fsp3) is 1.00. The molecule has 4 saturated carbocycles. The van der Waals surface area contributed by atoms with Crippen molar-refractivity contribution in [1.29, 1.82) is 0 Å². The van der Waals surface area contributed by atoms with Gasteiger partial charge in [-0.25, -0.2) is 0 Å². The Balaban J connectivity index is 1.48. The van der Waals surface area contributed by atoms with Crippen LogP contribution in [-0.2, 0) is 4.74 Å². The summed E-state index contributed by atoms with van der Waals surface area (Å²) in [7, 11) is 0. The first-order valence-corrected chi connectivity index (χ1v) is 9.73. The highest BCUT2D eigenvalue weighted by Gasteiger charge is 2.69. The van der Waals surface area contributed by atoms with Crippen LogP contribution in [-0.4, -0.2) is 12.2 Å². The van der Waals surface area contributed by atoms with E-state index in [2.05, 4.69) is 13.8 Å². The van der Waals surface area contributed by atoms with Crippen LogP contribution in [0, 0.1) is 34.5 Å². The Bertz CT molecular complexity index is 453. The molecular formula is C20H32O. The molecule has 21 heavy (non-hydrogen) atoms. The van der Waals surface area contributed by atoms with E-state index in [1.54, 1.807) is 6.42 Å². The van der Waals surface area contributed by atoms with Crippen LogP contribution in [0.2, 0.25) is 0 Å². The zero-order valence-electron chi connectivity index (χ0n) is 14.0. The molecule has 1 spiro atoms. The summed E-state index contributed by atoms with van der Waals surface area (Å²) in [6.07, 6.45) is 15.0. The molecule has 5 fully saturated rings. The molecule has 0 unspecified atom stereocenters. The van der Waals surface area contributed by atoms with E-state index in [4.69, 9.17) is 4.74 Å². The van der Waals surface area contributed by atoms with Crippen LogP contribution < -0.4 is 0 Å². The largest absolute Gasteiger partial charge is 0.369 e. The normalized spacial score (nSPS) is 62.0. The van der Waals surface area contributed by atoms with Gasteiger partial charge in [0, 0.05) is 5.41 Å². The van der Waals surface area contributed by atoms with Gasteiger partial charge in [-0.1, -0.05) is 26.7 Å². The highest BCUT2D eigenvalue weighted by molar-refractivity contribution is 5.18. The SMILES string of the molecule is C[C@]12CCCC[C@@H]1CC[C@@H]1[C@H]2CC[C@@]2(C)[C@H]1CC[C@@]21CO1. The molecule has 0 aromatic rings. The summed E-state index contributed by atoms with van der Waals surface area (Å²) in [5.74, 6) is 4.12. The van der Waals surface area contributed by atoms with Gasteiger partial charge < -0.3 is 4.74 Å².